The maximum absolute atomic E-state index is 12.3. The SMILES string of the molecule is CC[C@H]1CN(c2ccc(C(=O)NCCCc3ccc(OC)cc3)cn2)CCO1. The van der Waals surface area contributed by atoms with Gasteiger partial charge in [0.2, 0.25) is 0 Å². The van der Waals surface area contributed by atoms with E-state index in [9.17, 15) is 4.79 Å². The molecule has 1 fully saturated rings. The molecule has 0 spiro atoms. The van der Waals surface area contributed by atoms with Crippen LogP contribution in [0.4, 0.5) is 5.82 Å². The number of nitrogens with one attached hydrogen (secondary N) is 1. The first-order valence-electron chi connectivity index (χ1n) is 9.93. The predicted octanol–water partition coefficient (Wildman–Crippen LogP) is 3.07. The molecule has 2 heterocycles. The van der Waals surface area contributed by atoms with Gasteiger partial charge in [0, 0.05) is 25.8 Å². The Hall–Kier alpha value is -2.60. The summed E-state index contributed by atoms with van der Waals surface area (Å²) in [6.07, 6.45) is 4.70. The quantitative estimate of drug-likeness (QED) is 0.710. The van der Waals surface area contributed by atoms with E-state index < -0.39 is 0 Å². The lowest BCUT2D eigenvalue weighted by Crippen LogP contribution is -2.42. The van der Waals surface area contributed by atoms with Crippen LogP contribution in [0.1, 0.15) is 35.7 Å². The summed E-state index contributed by atoms with van der Waals surface area (Å²) in [6, 6.07) is 11.8. The maximum atomic E-state index is 12.3. The number of hydrogen-bond acceptors (Lipinski definition) is 5. The maximum Gasteiger partial charge on any atom is 0.252 e. The Bertz CT molecular complexity index is 747. The largest absolute Gasteiger partial charge is 0.497 e. The van der Waals surface area contributed by atoms with Crippen LogP contribution in [0, 0.1) is 0 Å². The van der Waals surface area contributed by atoms with Crippen molar-refractivity contribution in [3.63, 3.8) is 0 Å². The van der Waals surface area contributed by atoms with Crippen molar-refractivity contribution in [2.75, 3.05) is 38.3 Å². The summed E-state index contributed by atoms with van der Waals surface area (Å²) < 4.78 is 10.9. The fourth-order valence-electron chi connectivity index (χ4n) is 3.27. The predicted molar refractivity (Wildman–Crippen MR) is 110 cm³/mol. The van der Waals surface area contributed by atoms with Gasteiger partial charge in [-0.3, -0.25) is 4.79 Å². The summed E-state index contributed by atoms with van der Waals surface area (Å²) >= 11 is 0. The number of ether oxygens (including phenoxy) is 2. The third-order valence-electron chi connectivity index (χ3n) is 5.02. The first kappa shape index (κ1) is 20.1. The summed E-state index contributed by atoms with van der Waals surface area (Å²) in [4.78, 5) is 19.0. The van der Waals surface area contributed by atoms with Crippen molar-refractivity contribution in [2.24, 2.45) is 0 Å². The van der Waals surface area contributed by atoms with Crippen molar-refractivity contribution < 1.29 is 14.3 Å². The van der Waals surface area contributed by atoms with E-state index in [4.69, 9.17) is 9.47 Å². The number of carbonyl (C=O) groups excluding carboxylic acids is 1. The molecule has 0 bridgehead atoms. The highest BCUT2D eigenvalue weighted by Crippen LogP contribution is 2.17. The molecule has 1 aromatic heterocycles. The fraction of sp³-hybridized carbons (Fsp3) is 0.455. The smallest absolute Gasteiger partial charge is 0.252 e. The van der Waals surface area contributed by atoms with Crippen LogP contribution in [0.15, 0.2) is 42.6 Å². The summed E-state index contributed by atoms with van der Waals surface area (Å²) in [7, 11) is 1.66. The molecule has 2 aromatic rings. The number of anilines is 1. The third kappa shape index (κ3) is 5.45. The Balaban J connectivity index is 1.44. The van der Waals surface area contributed by atoms with Crippen LogP contribution in [-0.2, 0) is 11.2 Å². The molecule has 0 saturated carbocycles. The van der Waals surface area contributed by atoms with E-state index in [2.05, 4.69) is 34.3 Å². The number of carbonyl (C=O) groups is 1. The lowest BCUT2D eigenvalue weighted by molar-refractivity contribution is 0.0381. The van der Waals surface area contributed by atoms with Crippen molar-refractivity contribution in [1.29, 1.82) is 0 Å². The second-order valence-corrected chi connectivity index (χ2v) is 6.96. The Morgan fingerprint density at radius 1 is 1.29 bits per heavy atom. The Morgan fingerprint density at radius 3 is 2.79 bits per heavy atom. The minimum Gasteiger partial charge on any atom is -0.497 e. The molecule has 1 saturated heterocycles. The first-order chi connectivity index (χ1) is 13.7. The number of benzene rings is 1. The normalized spacial score (nSPS) is 16.6. The van der Waals surface area contributed by atoms with Crippen molar-refractivity contribution >= 4 is 11.7 Å². The van der Waals surface area contributed by atoms with E-state index in [1.54, 1.807) is 13.3 Å². The van der Waals surface area contributed by atoms with Gasteiger partial charge in [0.25, 0.3) is 5.91 Å². The molecule has 0 unspecified atom stereocenters. The molecule has 6 heteroatoms. The summed E-state index contributed by atoms with van der Waals surface area (Å²) in [5.74, 6) is 1.68. The molecule has 150 valence electrons. The number of amides is 1. The molecule has 1 amide bonds. The number of methoxy groups -OCH3 is 1. The van der Waals surface area contributed by atoms with E-state index in [1.165, 1.54) is 5.56 Å². The highest BCUT2D eigenvalue weighted by molar-refractivity contribution is 5.94. The van der Waals surface area contributed by atoms with Gasteiger partial charge in [0.05, 0.1) is 25.4 Å². The molecule has 3 rings (SSSR count). The molecule has 1 atom stereocenters. The van der Waals surface area contributed by atoms with Gasteiger partial charge in [-0.15, -0.1) is 0 Å². The van der Waals surface area contributed by atoms with E-state index >= 15 is 0 Å². The second kappa shape index (κ2) is 10.1. The van der Waals surface area contributed by atoms with Gasteiger partial charge in [-0.25, -0.2) is 4.98 Å². The van der Waals surface area contributed by atoms with Crippen LogP contribution < -0.4 is 15.0 Å². The number of aryl methyl sites for hydroxylation is 1. The van der Waals surface area contributed by atoms with Crippen LogP contribution in [0.5, 0.6) is 5.75 Å². The Morgan fingerprint density at radius 2 is 2.11 bits per heavy atom. The van der Waals surface area contributed by atoms with Gasteiger partial charge in [-0.1, -0.05) is 19.1 Å². The van der Waals surface area contributed by atoms with Crippen molar-refractivity contribution in [1.82, 2.24) is 10.3 Å². The highest BCUT2D eigenvalue weighted by atomic mass is 16.5. The zero-order chi connectivity index (χ0) is 19.8. The molecule has 0 radical (unpaired) electrons. The van der Waals surface area contributed by atoms with Gasteiger partial charge in [-0.05, 0) is 49.1 Å². The van der Waals surface area contributed by atoms with Crippen LogP contribution >= 0.6 is 0 Å². The van der Waals surface area contributed by atoms with Crippen molar-refractivity contribution in [3.05, 3.63) is 53.7 Å². The molecular formula is C22H29N3O3. The Labute approximate surface area is 166 Å². The van der Waals surface area contributed by atoms with Crippen LogP contribution in [-0.4, -0.2) is 50.3 Å². The van der Waals surface area contributed by atoms with Gasteiger partial charge in [0.15, 0.2) is 0 Å². The molecule has 0 aliphatic carbocycles. The lowest BCUT2D eigenvalue weighted by atomic mass is 10.1. The number of pyridine rings is 1. The number of hydrogen-bond donors (Lipinski definition) is 1. The second-order valence-electron chi connectivity index (χ2n) is 6.96. The van der Waals surface area contributed by atoms with Crippen molar-refractivity contribution in [3.8, 4) is 5.75 Å². The zero-order valence-corrected chi connectivity index (χ0v) is 16.7. The minimum absolute atomic E-state index is 0.0813. The molecule has 28 heavy (non-hydrogen) atoms. The molecule has 1 aliphatic heterocycles. The van der Waals surface area contributed by atoms with Gasteiger partial charge in [0.1, 0.15) is 11.6 Å². The number of rotatable bonds is 8. The number of morpholine rings is 1. The zero-order valence-electron chi connectivity index (χ0n) is 16.7. The molecular weight excluding hydrogens is 354 g/mol. The first-order valence-corrected chi connectivity index (χ1v) is 9.93. The summed E-state index contributed by atoms with van der Waals surface area (Å²) in [5.41, 5.74) is 1.82. The molecule has 1 N–H and O–H groups in total. The topological polar surface area (TPSA) is 63.7 Å². The molecule has 6 nitrogen and oxygen atoms in total. The van der Waals surface area contributed by atoms with Crippen LogP contribution in [0.25, 0.3) is 0 Å². The fourth-order valence-corrected chi connectivity index (χ4v) is 3.27. The third-order valence-corrected chi connectivity index (χ3v) is 5.02. The Kier molecular flexibility index (Phi) is 7.25. The van der Waals surface area contributed by atoms with Gasteiger partial charge >= 0.3 is 0 Å². The van der Waals surface area contributed by atoms with E-state index in [0.29, 0.717) is 12.1 Å². The van der Waals surface area contributed by atoms with E-state index in [1.807, 2.05) is 24.3 Å². The molecule has 1 aromatic carbocycles. The highest BCUT2D eigenvalue weighted by Gasteiger charge is 2.20. The van der Waals surface area contributed by atoms with Crippen LogP contribution in [0.3, 0.4) is 0 Å². The standard InChI is InChI=1S/C22H29N3O3/c1-3-19-16-25(13-14-28-19)21-11-8-18(15-24-21)22(26)23-12-4-5-17-6-9-20(27-2)10-7-17/h6-11,15,19H,3-5,12-14,16H2,1-2H3,(H,23,26)/t19-/m0/s1. The lowest BCUT2D eigenvalue weighted by Gasteiger charge is -2.33. The van der Waals surface area contributed by atoms with Gasteiger partial charge < -0.3 is 19.7 Å². The number of nitrogens with zero attached hydrogens (tertiary/aromatic N) is 2. The minimum atomic E-state index is -0.0813. The molecule has 1 aliphatic rings. The van der Waals surface area contributed by atoms with Crippen molar-refractivity contribution in [2.45, 2.75) is 32.3 Å². The average Bonchev–Trinajstić information content (AvgIpc) is 2.77. The van der Waals surface area contributed by atoms with Gasteiger partial charge in [-0.2, -0.15) is 0 Å². The average molecular weight is 383 g/mol. The van der Waals surface area contributed by atoms with E-state index in [0.717, 1.165) is 50.5 Å². The monoisotopic (exact) mass is 383 g/mol. The summed E-state index contributed by atoms with van der Waals surface area (Å²) in [5, 5.41) is 2.97. The van der Waals surface area contributed by atoms with E-state index in [-0.39, 0.29) is 12.0 Å². The van der Waals surface area contributed by atoms with Crippen LogP contribution in [0.2, 0.25) is 0 Å². The number of aromatic nitrogens is 1. The summed E-state index contributed by atoms with van der Waals surface area (Å²) in [6.45, 7) is 5.16.